The van der Waals surface area contributed by atoms with E-state index >= 15 is 0 Å². The SMILES string of the molecule is COc1cc(C(F)(F)F)cc(SC)c1C(=O)C1NC1[C@H]1C[C@]12COCCC2N1CCC(O)C1. The van der Waals surface area contributed by atoms with Crippen molar-refractivity contribution in [3.63, 3.8) is 0 Å². The molecule has 6 nitrogen and oxygen atoms in total. The van der Waals surface area contributed by atoms with Crippen LogP contribution in [0.15, 0.2) is 17.0 Å². The topological polar surface area (TPSA) is 80.9 Å². The Morgan fingerprint density at radius 2 is 2.15 bits per heavy atom. The molecule has 3 aliphatic heterocycles. The molecule has 3 saturated heterocycles. The second-order valence-corrected chi connectivity index (χ2v) is 10.5. The molecule has 182 valence electrons. The van der Waals surface area contributed by atoms with Gasteiger partial charge in [-0.3, -0.25) is 9.69 Å². The van der Waals surface area contributed by atoms with E-state index in [4.69, 9.17) is 9.47 Å². The number of rotatable bonds is 6. The van der Waals surface area contributed by atoms with E-state index in [9.17, 15) is 23.1 Å². The van der Waals surface area contributed by atoms with E-state index in [2.05, 4.69) is 10.2 Å². The van der Waals surface area contributed by atoms with Gasteiger partial charge in [0.05, 0.1) is 37.0 Å². The average Bonchev–Trinajstić information content (AvgIpc) is 3.68. The van der Waals surface area contributed by atoms with Gasteiger partial charge in [-0.05, 0) is 43.6 Å². The maximum Gasteiger partial charge on any atom is 0.416 e. The number of β-amino-alcohol motifs (C(OH)–C–C–N with tert-alkyl or cyclic N) is 1. The van der Waals surface area contributed by atoms with Crippen LogP contribution in [0.25, 0.3) is 0 Å². The quantitative estimate of drug-likeness (QED) is 0.364. The summed E-state index contributed by atoms with van der Waals surface area (Å²) in [5, 5.41) is 13.3. The number of methoxy groups -OCH3 is 1. The molecule has 4 fully saturated rings. The molecule has 1 aromatic carbocycles. The van der Waals surface area contributed by atoms with E-state index in [-0.39, 0.29) is 45.5 Å². The van der Waals surface area contributed by atoms with Gasteiger partial charge in [0.1, 0.15) is 5.75 Å². The van der Waals surface area contributed by atoms with Crippen molar-refractivity contribution in [2.75, 3.05) is 39.7 Å². The third-order valence-corrected chi connectivity index (χ3v) is 8.56. The molecule has 1 aromatic rings. The van der Waals surface area contributed by atoms with E-state index in [1.165, 1.54) is 7.11 Å². The van der Waals surface area contributed by atoms with Crippen LogP contribution in [0, 0.1) is 11.3 Å². The zero-order chi connectivity index (χ0) is 23.5. The van der Waals surface area contributed by atoms with Gasteiger partial charge < -0.3 is 19.9 Å². The van der Waals surface area contributed by atoms with Crippen LogP contribution in [0.2, 0.25) is 0 Å². The first kappa shape index (κ1) is 23.4. The zero-order valence-electron chi connectivity index (χ0n) is 18.7. The summed E-state index contributed by atoms with van der Waals surface area (Å²) in [6.45, 7) is 2.90. The highest BCUT2D eigenvalue weighted by Crippen LogP contribution is 2.63. The van der Waals surface area contributed by atoms with Crippen LogP contribution in [0.3, 0.4) is 0 Å². The van der Waals surface area contributed by atoms with E-state index in [1.54, 1.807) is 6.26 Å². The minimum absolute atomic E-state index is 0.0177. The minimum Gasteiger partial charge on any atom is -0.496 e. The Morgan fingerprint density at radius 3 is 2.79 bits per heavy atom. The molecule has 2 N–H and O–H groups in total. The number of Topliss-reactive ketones (excluding diaryl/α,β-unsaturated/α-hetero) is 1. The van der Waals surface area contributed by atoms with Crippen molar-refractivity contribution in [2.45, 2.75) is 54.6 Å². The predicted octanol–water partition coefficient (Wildman–Crippen LogP) is 2.82. The van der Waals surface area contributed by atoms with Crippen LogP contribution in [0.1, 0.15) is 35.2 Å². The molecule has 3 heterocycles. The van der Waals surface area contributed by atoms with Gasteiger partial charge in [0.15, 0.2) is 5.78 Å². The highest BCUT2D eigenvalue weighted by Gasteiger charge is 2.69. The monoisotopic (exact) mass is 486 g/mol. The number of aliphatic hydroxyl groups is 1. The molecule has 1 spiro atoms. The van der Waals surface area contributed by atoms with Crippen LogP contribution in [0.4, 0.5) is 13.2 Å². The lowest BCUT2D eigenvalue weighted by molar-refractivity contribution is -0.137. The number of benzene rings is 1. The maximum absolute atomic E-state index is 13.4. The number of carbonyl (C=O) groups is 1. The summed E-state index contributed by atoms with van der Waals surface area (Å²) >= 11 is 1.11. The number of ketones is 1. The maximum atomic E-state index is 13.4. The largest absolute Gasteiger partial charge is 0.496 e. The number of nitrogens with one attached hydrogen (secondary N) is 1. The van der Waals surface area contributed by atoms with Crippen molar-refractivity contribution in [2.24, 2.45) is 11.3 Å². The number of hydrogen-bond donors (Lipinski definition) is 2. The summed E-state index contributed by atoms with van der Waals surface area (Å²) in [4.78, 5) is 16.1. The lowest BCUT2D eigenvalue weighted by Crippen LogP contribution is -2.48. The fourth-order valence-corrected chi connectivity index (χ4v) is 6.69. The zero-order valence-corrected chi connectivity index (χ0v) is 19.5. The number of thioether (sulfide) groups is 1. The number of carbonyl (C=O) groups excluding carboxylic acids is 1. The van der Waals surface area contributed by atoms with Crippen molar-refractivity contribution >= 4 is 17.5 Å². The third-order valence-electron chi connectivity index (χ3n) is 7.80. The Labute approximate surface area is 195 Å². The molecule has 0 bridgehead atoms. The fraction of sp³-hybridized carbons (Fsp3) is 0.696. The summed E-state index contributed by atoms with van der Waals surface area (Å²) in [7, 11) is 1.29. The van der Waals surface area contributed by atoms with E-state index in [0.29, 0.717) is 25.8 Å². The Balaban J connectivity index is 1.35. The number of hydrogen-bond acceptors (Lipinski definition) is 7. The van der Waals surface area contributed by atoms with Gasteiger partial charge >= 0.3 is 6.18 Å². The van der Waals surface area contributed by atoms with E-state index in [1.807, 2.05) is 0 Å². The fourth-order valence-electron chi connectivity index (χ4n) is 6.04. The van der Waals surface area contributed by atoms with Gasteiger partial charge in [-0.1, -0.05) is 0 Å². The summed E-state index contributed by atoms with van der Waals surface area (Å²) in [5.41, 5.74) is -0.634. The highest BCUT2D eigenvalue weighted by atomic mass is 32.2. The molecule has 10 heteroatoms. The molecule has 1 aliphatic carbocycles. The van der Waals surface area contributed by atoms with Crippen LogP contribution in [0.5, 0.6) is 5.75 Å². The Hall–Kier alpha value is -1.33. The molecule has 4 aliphatic rings. The second-order valence-electron chi connectivity index (χ2n) is 9.63. The number of likely N-dealkylation sites (tertiary alicyclic amines) is 1. The van der Waals surface area contributed by atoms with Gasteiger partial charge in [-0.2, -0.15) is 13.2 Å². The van der Waals surface area contributed by atoms with Gasteiger partial charge in [0, 0.05) is 42.1 Å². The van der Waals surface area contributed by atoms with E-state index < -0.39 is 17.8 Å². The molecule has 0 radical (unpaired) electrons. The van der Waals surface area contributed by atoms with Crippen LogP contribution in [-0.4, -0.2) is 79.7 Å². The summed E-state index contributed by atoms with van der Waals surface area (Å²) < 4.78 is 51.0. The molecule has 0 amide bonds. The van der Waals surface area contributed by atoms with Crippen molar-refractivity contribution in [3.8, 4) is 5.75 Å². The van der Waals surface area contributed by atoms with E-state index in [0.717, 1.165) is 49.7 Å². The molecule has 4 unspecified atom stereocenters. The number of alkyl halides is 3. The number of aliphatic hydroxyl groups excluding tert-OH is 1. The van der Waals surface area contributed by atoms with Gasteiger partial charge in [0.25, 0.3) is 0 Å². The molecular formula is C23H29F3N2O4S. The summed E-state index contributed by atoms with van der Waals surface area (Å²) in [6, 6.07) is 1.81. The molecule has 1 saturated carbocycles. The first-order valence-corrected chi connectivity index (χ1v) is 12.6. The normalized spacial score (nSPS) is 36.2. The Bertz CT molecular complexity index is 920. The van der Waals surface area contributed by atoms with Crippen molar-refractivity contribution in [1.29, 1.82) is 0 Å². The standard InChI is InChI=1S/C23H29F3N2O4S/c1-31-15-7-12(23(24,25)26)8-16(33-2)18(15)21(30)20-19(27-20)14-9-22(14)11-32-6-4-17(22)28-5-3-13(29)10-28/h7-8,13-14,17,19-20,27,29H,3-6,9-11H2,1-2H3/t13?,14-,17?,19?,20?,22+/m1/s1. The smallest absolute Gasteiger partial charge is 0.416 e. The predicted molar refractivity (Wildman–Crippen MR) is 117 cm³/mol. The van der Waals surface area contributed by atoms with Crippen LogP contribution in [-0.2, 0) is 10.9 Å². The molecule has 6 atom stereocenters. The molecule has 33 heavy (non-hydrogen) atoms. The van der Waals surface area contributed by atoms with Crippen LogP contribution >= 0.6 is 11.8 Å². The lowest BCUT2D eigenvalue weighted by Gasteiger charge is -2.39. The van der Waals surface area contributed by atoms with Gasteiger partial charge in [-0.25, -0.2) is 0 Å². The molecule has 0 aromatic heterocycles. The first-order chi connectivity index (χ1) is 15.7. The highest BCUT2D eigenvalue weighted by molar-refractivity contribution is 7.98. The molecular weight excluding hydrogens is 457 g/mol. The second kappa shape index (κ2) is 8.41. The summed E-state index contributed by atoms with van der Waals surface area (Å²) in [6.07, 6.45) is -0.491. The van der Waals surface area contributed by atoms with Crippen LogP contribution < -0.4 is 10.1 Å². The number of halogens is 3. The molecule has 5 rings (SSSR count). The third kappa shape index (κ3) is 4.07. The Kier molecular flexibility index (Phi) is 5.96. The number of nitrogens with zero attached hydrogens (tertiary/aromatic N) is 1. The number of ether oxygens (including phenoxy) is 2. The summed E-state index contributed by atoms with van der Waals surface area (Å²) in [5.74, 6) is 0.0107. The minimum atomic E-state index is -4.51. The van der Waals surface area contributed by atoms with Crippen molar-refractivity contribution < 1.29 is 32.5 Å². The van der Waals surface area contributed by atoms with Crippen molar-refractivity contribution in [3.05, 3.63) is 23.3 Å². The first-order valence-electron chi connectivity index (χ1n) is 11.3. The lowest BCUT2D eigenvalue weighted by atomic mass is 9.87. The van der Waals surface area contributed by atoms with Gasteiger partial charge in [0.2, 0.25) is 0 Å². The Morgan fingerprint density at radius 1 is 1.36 bits per heavy atom. The van der Waals surface area contributed by atoms with Crippen molar-refractivity contribution in [1.82, 2.24) is 10.2 Å². The van der Waals surface area contributed by atoms with Gasteiger partial charge in [-0.15, -0.1) is 11.8 Å². The average molecular weight is 487 g/mol.